The first-order chi connectivity index (χ1) is 11.5. The quantitative estimate of drug-likeness (QED) is 0.789. The zero-order valence-electron chi connectivity index (χ0n) is 14.4. The molecule has 0 aliphatic carbocycles. The van der Waals surface area contributed by atoms with E-state index in [4.69, 9.17) is 10.5 Å². The molecule has 2 aromatic rings. The first kappa shape index (κ1) is 20.9. The lowest BCUT2D eigenvalue weighted by atomic mass is 10.0. The number of halogens is 2. The number of carbonyl (C=O) groups is 1. The lowest BCUT2D eigenvalue weighted by Gasteiger charge is -2.15. The molecule has 0 aliphatic rings. The molecule has 0 radical (unpaired) electrons. The van der Waals surface area contributed by atoms with E-state index < -0.39 is 0 Å². The molecule has 0 spiro atoms. The van der Waals surface area contributed by atoms with Crippen LogP contribution >= 0.6 is 12.4 Å². The molecular formula is C19H24ClFN2O2. The third kappa shape index (κ3) is 6.72. The van der Waals surface area contributed by atoms with Gasteiger partial charge in [0.05, 0.1) is 0 Å². The van der Waals surface area contributed by atoms with E-state index in [1.807, 2.05) is 44.2 Å². The van der Waals surface area contributed by atoms with Crippen LogP contribution in [0.5, 0.6) is 5.75 Å². The molecule has 0 bridgehead atoms. The van der Waals surface area contributed by atoms with Crippen molar-refractivity contribution in [3.05, 3.63) is 65.5 Å². The molecular weight excluding hydrogens is 343 g/mol. The molecule has 6 heteroatoms. The molecule has 0 fully saturated rings. The van der Waals surface area contributed by atoms with Crippen LogP contribution < -0.4 is 15.8 Å². The molecule has 0 heterocycles. The smallest absolute Gasteiger partial charge is 0.224 e. The molecule has 0 aliphatic heterocycles. The van der Waals surface area contributed by atoms with E-state index in [1.165, 1.54) is 12.1 Å². The Balaban J connectivity index is 0.00000312. The summed E-state index contributed by atoms with van der Waals surface area (Å²) in [6, 6.07) is 13.6. The first-order valence-electron chi connectivity index (χ1n) is 7.95. The van der Waals surface area contributed by atoms with E-state index in [2.05, 4.69) is 5.32 Å². The maximum Gasteiger partial charge on any atom is 0.224 e. The monoisotopic (exact) mass is 366 g/mol. The molecule has 4 nitrogen and oxygen atoms in total. The Morgan fingerprint density at radius 1 is 1.16 bits per heavy atom. The number of nitrogens with two attached hydrogens (primary N) is 1. The highest BCUT2D eigenvalue weighted by molar-refractivity contribution is 5.85. The third-order valence-electron chi connectivity index (χ3n) is 3.89. The van der Waals surface area contributed by atoms with E-state index in [0.29, 0.717) is 18.9 Å². The van der Waals surface area contributed by atoms with Crippen molar-refractivity contribution in [2.75, 3.05) is 0 Å². The van der Waals surface area contributed by atoms with Crippen LogP contribution in [0.2, 0.25) is 0 Å². The van der Waals surface area contributed by atoms with Crippen LogP contribution in [0.4, 0.5) is 4.39 Å². The summed E-state index contributed by atoms with van der Waals surface area (Å²) in [4.78, 5) is 11.9. The molecule has 1 amide bonds. The van der Waals surface area contributed by atoms with Crippen molar-refractivity contribution in [3.8, 4) is 5.75 Å². The van der Waals surface area contributed by atoms with E-state index in [9.17, 15) is 9.18 Å². The fourth-order valence-corrected chi connectivity index (χ4v) is 2.09. The minimum atomic E-state index is -0.275. The van der Waals surface area contributed by atoms with Gasteiger partial charge in [-0.1, -0.05) is 31.2 Å². The molecule has 3 N–H and O–H groups in total. The highest BCUT2D eigenvalue weighted by atomic mass is 35.5. The first-order valence-corrected chi connectivity index (χ1v) is 7.95. The average molecular weight is 367 g/mol. The standard InChI is InChI=1S/C19H23FN2O2.ClH/c1-13(14(2)21)19(23)22-11-15-6-8-18(9-7-15)24-12-16-4-3-5-17(20)10-16;/h3-10,13-14H,11-12,21H2,1-2H3,(H,22,23);1H. The lowest BCUT2D eigenvalue weighted by molar-refractivity contribution is -0.125. The number of ether oxygens (including phenoxy) is 1. The van der Waals surface area contributed by atoms with Crippen LogP contribution in [0, 0.1) is 11.7 Å². The summed E-state index contributed by atoms with van der Waals surface area (Å²) < 4.78 is 18.7. The van der Waals surface area contributed by atoms with Gasteiger partial charge in [-0.15, -0.1) is 12.4 Å². The molecule has 0 aromatic heterocycles. The second-order valence-corrected chi connectivity index (χ2v) is 5.93. The summed E-state index contributed by atoms with van der Waals surface area (Å²) in [5.74, 6) is 0.136. The minimum Gasteiger partial charge on any atom is -0.489 e. The molecule has 0 saturated carbocycles. The Labute approximate surface area is 154 Å². The number of amides is 1. The predicted octanol–water partition coefficient (Wildman–Crippen LogP) is 3.43. The van der Waals surface area contributed by atoms with Crippen molar-refractivity contribution in [2.45, 2.75) is 33.0 Å². The summed E-state index contributed by atoms with van der Waals surface area (Å²) in [6.07, 6.45) is 0. The number of benzene rings is 2. The molecule has 2 aromatic carbocycles. The van der Waals surface area contributed by atoms with Crippen molar-refractivity contribution in [1.29, 1.82) is 0 Å². The Hall–Kier alpha value is -2.11. The SMILES string of the molecule is CC(N)C(C)C(=O)NCc1ccc(OCc2cccc(F)c2)cc1.Cl. The van der Waals surface area contributed by atoms with Crippen LogP contribution in [0.25, 0.3) is 0 Å². The molecule has 0 saturated heterocycles. The maximum absolute atomic E-state index is 13.1. The van der Waals surface area contributed by atoms with E-state index >= 15 is 0 Å². The fourth-order valence-electron chi connectivity index (χ4n) is 2.09. The number of rotatable bonds is 7. The second kappa shape index (κ2) is 10.0. The van der Waals surface area contributed by atoms with E-state index in [1.54, 1.807) is 6.07 Å². The number of hydrogen-bond acceptors (Lipinski definition) is 3. The summed E-state index contributed by atoms with van der Waals surface area (Å²) in [7, 11) is 0. The third-order valence-corrected chi connectivity index (χ3v) is 3.89. The van der Waals surface area contributed by atoms with Crippen molar-refractivity contribution in [3.63, 3.8) is 0 Å². The van der Waals surface area contributed by atoms with Crippen molar-refractivity contribution in [2.24, 2.45) is 11.7 Å². The van der Waals surface area contributed by atoms with Crippen molar-refractivity contribution in [1.82, 2.24) is 5.32 Å². The van der Waals surface area contributed by atoms with Crippen molar-refractivity contribution >= 4 is 18.3 Å². The van der Waals surface area contributed by atoms with E-state index in [-0.39, 0.29) is 36.1 Å². The maximum atomic E-state index is 13.1. The van der Waals surface area contributed by atoms with Crippen LogP contribution in [0.1, 0.15) is 25.0 Å². The van der Waals surface area contributed by atoms with Gasteiger partial charge in [-0.05, 0) is 42.3 Å². The van der Waals surface area contributed by atoms with Gasteiger partial charge in [-0.3, -0.25) is 4.79 Å². The largest absolute Gasteiger partial charge is 0.489 e. The number of nitrogens with one attached hydrogen (secondary N) is 1. The topological polar surface area (TPSA) is 64.4 Å². The summed E-state index contributed by atoms with van der Waals surface area (Å²) in [6.45, 7) is 4.37. The van der Waals surface area contributed by atoms with Gasteiger partial charge in [0.1, 0.15) is 18.2 Å². The second-order valence-electron chi connectivity index (χ2n) is 5.93. The zero-order valence-corrected chi connectivity index (χ0v) is 15.2. The number of hydrogen-bond donors (Lipinski definition) is 2. The Morgan fingerprint density at radius 2 is 1.84 bits per heavy atom. The highest BCUT2D eigenvalue weighted by Crippen LogP contribution is 2.15. The highest BCUT2D eigenvalue weighted by Gasteiger charge is 2.16. The minimum absolute atomic E-state index is 0. The predicted molar refractivity (Wildman–Crippen MR) is 99.1 cm³/mol. The van der Waals surface area contributed by atoms with Gasteiger partial charge in [0.15, 0.2) is 0 Å². The van der Waals surface area contributed by atoms with Crippen LogP contribution in [0.3, 0.4) is 0 Å². The number of carbonyl (C=O) groups excluding carboxylic acids is 1. The Morgan fingerprint density at radius 3 is 2.44 bits per heavy atom. The van der Waals surface area contributed by atoms with Gasteiger partial charge in [0.25, 0.3) is 0 Å². The zero-order chi connectivity index (χ0) is 17.5. The average Bonchev–Trinajstić information content (AvgIpc) is 2.58. The van der Waals surface area contributed by atoms with Crippen LogP contribution in [-0.4, -0.2) is 11.9 Å². The fraction of sp³-hybridized carbons (Fsp3) is 0.316. The van der Waals surface area contributed by atoms with Gasteiger partial charge < -0.3 is 15.8 Å². The molecule has 2 unspecified atom stereocenters. The van der Waals surface area contributed by atoms with Gasteiger partial charge in [0, 0.05) is 18.5 Å². The van der Waals surface area contributed by atoms with Crippen molar-refractivity contribution < 1.29 is 13.9 Å². The van der Waals surface area contributed by atoms with Crippen LogP contribution in [0.15, 0.2) is 48.5 Å². The van der Waals surface area contributed by atoms with Crippen LogP contribution in [-0.2, 0) is 17.9 Å². The van der Waals surface area contributed by atoms with Gasteiger partial charge in [0.2, 0.25) is 5.91 Å². The Bertz CT molecular complexity index is 677. The van der Waals surface area contributed by atoms with Gasteiger partial charge in [-0.25, -0.2) is 4.39 Å². The molecule has 25 heavy (non-hydrogen) atoms. The molecule has 136 valence electrons. The normalized spacial score (nSPS) is 12.6. The molecule has 2 atom stereocenters. The summed E-state index contributed by atoms with van der Waals surface area (Å²) in [5, 5.41) is 2.86. The van der Waals surface area contributed by atoms with Gasteiger partial charge >= 0.3 is 0 Å². The summed E-state index contributed by atoms with van der Waals surface area (Å²) >= 11 is 0. The van der Waals surface area contributed by atoms with E-state index in [0.717, 1.165) is 11.1 Å². The summed E-state index contributed by atoms with van der Waals surface area (Å²) in [5.41, 5.74) is 7.46. The molecule has 2 rings (SSSR count). The lowest BCUT2D eigenvalue weighted by Crippen LogP contribution is -2.38. The van der Waals surface area contributed by atoms with Gasteiger partial charge in [-0.2, -0.15) is 0 Å². The Kier molecular flexibility index (Phi) is 8.38.